The summed E-state index contributed by atoms with van der Waals surface area (Å²) in [4.78, 5) is 42.0. The Morgan fingerprint density at radius 2 is 1.84 bits per heavy atom. The van der Waals surface area contributed by atoms with Gasteiger partial charge in [-0.3, -0.25) is 14.4 Å². The number of esters is 1. The number of benzene rings is 2. The van der Waals surface area contributed by atoms with Gasteiger partial charge in [0.1, 0.15) is 11.5 Å². The standard InChI is InChI=1S/C24H25FN2O4/c1-3-4-15-27-21-8-6-5-7-19(21)26-20(24(27)30)13-14-22(28)31-16(2)23(29)17-9-11-18(25)12-10-17/h5-12,16H,3-4,13-15H2,1-2H3. The molecular formula is C24H25FN2O4. The third-order valence-electron chi connectivity index (χ3n) is 5.03. The minimum atomic E-state index is -1.01. The predicted molar refractivity (Wildman–Crippen MR) is 116 cm³/mol. The van der Waals surface area contributed by atoms with E-state index in [-0.39, 0.29) is 24.0 Å². The molecule has 0 saturated heterocycles. The fourth-order valence-electron chi connectivity index (χ4n) is 3.33. The van der Waals surface area contributed by atoms with Gasteiger partial charge in [0.25, 0.3) is 5.56 Å². The summed E-state index contributed by atoms with van der Waals surface area (Å²) < 4.78 is 19.9. The Balaban J connectivity index is 1.69. The van der Waals surface area contributed by atoms with E-state index in [0.717, 1.165) is 18.4 Å². The molecule has 0 aliphatic carbocycles. The predicted octanol–water partition coefficient (Wildman–Crippen LogP) is 4.08. The lowest BCUT2D eigenvalue weighted by Crippen LogP contribution is -2.28. The first-order valence-corrected chi connectivity index (χ1v) is 10.4. The fourth-order valence-corrected chi connectivity index (χ4v) is 3.33. The number of rotatable bonds is 9. The van der Waals surface area contributed by atoms with Crippen molar-refractivity contribution in [1.82, 2.24) is 9.55 Å². The van der Waals surface area contributed by atoms with Crippen LogP contribution in [-0.2, 0) is 22.5 Å². The molecule has 6 nitrogen and oxygen atoms in total. The highest BCUT2D eigenvalue weighted by atomic mass is 19.1. The van der Waals surface area contributed by atoms with Gasteiger partial charge in [0.2, 0.25) is 5.78 Å². The zero-order valence-corrected chi connectivity index (χ0v) is 17.6. The van der Waals surface area contributed by atoms with Gasteiger partial charge < -0.3 is 9.30 Å². The SMILES string of the molecule is CCCCn1c(=O)c(CCC(=O)OC(C)C(=O)c2ccc(F)cc2)nc2ccccc21. The first-order chi connectivity index (χ1) is 14.9. The number of carbonyl (C=O) groups is 2. The molecule has 0 saturated carbocycles. The highest BCUT2D eigenvalue weighted by molar-refractivity contribution is 6.00. The Labute approximate surface area is 179 Å². The van der Waals surface area contributed by atoms with Crippen molar-refractivity contribution < 1.29 is 18.7 Å². The van der Waals surface area contributed by atoms with Crippen molar-refractivity contribution >= 4 is 22.8 Å². The molecule has 0 spiro atoms. The highest BCUT2D eigenvalue weighted by Gasteiger charge is 2.20. The monoisotopic (exact) mass is 424 g/mol. The zero-order valence-electron chi connectivity index (χ0n) is 17.6. The van der Waals surface area contributed by atoms with Crippen molar-refractivity contribution in [3.8, 4) is 0 Å². The van der Waals surface area contributed by atoms with Crippen LogP contribution in [0.15, 0.2) is 53.3 Å². The molecule has 7 heteroatoms. The smallest absolute Gasteiger partial charge is 0.306 e. The molecule has 0 amide bonds. The summed E-state index contributed by atoms with van der Waals surface area (Å²) in [7, 11) is 0. The number of hydrogen-bond donors (Lipinski definition) is 0. The molecule has 1 atom stereocenters. The molecular weight excluding hydrogens is 399 g/mol. The maximum Gasteiger partial charge on any atom is 0.306 e. The molecule has 162 valence electrons. The number of ketones is 1. The zero-order chi connectivity index (χ0) is 22.4. The number of aromatic nitrogens is 2. The second-order valence-corrected chi connectivity index (χ2v) is 7.36. The van der Waals surface area contributed by atoms with E-state index >= 15 is 0 Å². The summed E-state index contributed by atoms with van der Waals surface area (Å²) >= 11 is 0. The van der Waals surface area contributed by atoms with Crippen LogP contribution >= 0.6 is 0 Å². The molecule has 2 aromatic carbocycles. The number of aryl methyl sites for hydroxylation is 2. The van der Waals surface area contributed by atoms with E-state index in [9.17, 15) is 18.8 Å². The van der Waals surface area contributed by atoms with E-state index in [1.807, 2.05) is 24.3 Å². The summed E-state index contributed by atoms with van der Waals surface area (Å²) in [6.07, 6.45) is 0.841. The molecule has 0 aliphatic heterocycles. The van der Waals surface area contributed by atoms with Gasteiger partial charge in [-0.2, -0.15) is 0 Å². The summed E-state index contributed by atoms with van der Waals surface area (Å²) in [6, 6.07) is 12.5. The van der Waals surface area contributed by atoms with Crippen molar-refractivity contribution in [1.29, 1.82) is 0 Å². The Morgan fingerprint density at radius 3 is 2.55 bits per heavy atom. The molecule has 0 aliphatic rings. The first kappa shape index (κ1) is 22.3. The second kappa shape index (κ2) is 10.1. The average molecular weight is 424 g/mol. The lowest BCUT2D eigenvalue weighted by molar-refractivity contribution is -0.146. The van der Waals surface area contributed by atoms with E-state index in [2.05, 4.69) is 11.9 Å². The van der Waals surface area contributed by atoms with Crippen molar-refractivity contribution in [2.45, 2.75) is 52.2 Å². The minimum Gasteiger partial charge on any atom is -0.454 e. The Bertz CT molecular complexity index is 1140. The second-order valence-electron chi connectivity index (χ2n) is 7.36. The molecule has 0 N–H and O–H groups in total. The number of hydrogen-bond acceptors (Lipinski definition) is 5. The maximum atomic E-state index is 13.0. The highest BCUT2D eigenvalue weighted by Crippen LogP contribution is 2.13. The third kappa shape index (κ3) is 5.42. The van der Waals surface area contributed by atoms with Gasteiger partial charge in [0, 0.05) is 18.5 Å². The average Bonchev–Trinajstić information content (AvgIpc) is 2.77. The van der Waals surface area contributed by atoms with Crippen molar-refractivity contribution in [2.75, 3.05) is 0 Å². The topological polar surface area (TPSA) is 78.3 Å². The number of para-hydroxylation sites is 2. The van der Waals surface area contributed by atoms with Gasteiger partial charge in [0.15, 0.2) is 6.10 Å². The molecule has 1 aromatic heterocycles. The number of fused-ring (bicyclic) bond motifs is 1. The fraction of sp³-hybridized carbons (Fsp3) is 0.333. The number of carbonyl (C=O) groups excluding carboxylic acids is 2. The van der Waals surface area contributed by atoms with Crippen LogP contribution in [0.25, 0.3) is 11.0 Å². The Kier molecular flexibility index (Phi) is 7.28. The molecule has 0 fully saturated rings. The van der Waals surface area contributed by atoms with Gasteiger partial charge >= 0.3 is 5.97 Å². The molecule has 3 aromatic rings. The van der Waals surface area contributed by atoms with Gasteiger partial charge in [0.05, 0.1) is 17.5 Å². The van der Waals surface area contributed by atoms with Crippen LogP contribution in [0.1, 0.15) is 49.2 Å². The molecule has 0 bridgehead atoms. The van der Waals surface area contributed by atoms with Gasteiger partial charge in [-0.1, -0.05) is 25.5 Å². The summed E-state index contributed by atoms with van der Waals surface area (Å²) in [5.41, 5.74) is 1.81. The van der Waals surface area contributed by atoms with E-state index in [4.69, 9.17) is 4.74 Å². The van der Waals surface area contributed by atoms with Crippen LogP contribution in [0.5, 0.6) is 0 Å². The number of nitrogens with zero attached hydrogens (tertiary/aromatic N) is 2. The van der Waals surface area contributed by atoms with Crippen LogP contribution in [0.2, 0.25) is 0 Å². The lowest BCUT2D eigenvalue weighted by Gasteiger charge is -2.13. The number of unbranched alkanes of at least 4 members (excludes halogenated alkanes) is 1. The first-order valence-electron chi connectivity index (χ1n) is 10.4. The van der Waals surface area contributed by atoms with Gasteiger partial charge in [-0.25, -0.2) is 9.37 Å². The van der Waals surface area contributed by atoms with Gasteiger partial charge in [-0.05, 0) is 49.7 Å². The van der Waals surface area contributed by atoms with Gasteiger partial charge in [-0.15, -0.1) is 0 Å². The van der Waals surface area contributed by atoms with Crippen LogP contribution < -0.4 is 5.56 Å². The Morgan fingerprint density at radius 1 is 1.13 bits per heavy atom. The largest absolute Gasteiger partial charge is 0.454 e. The third-order valence-corrected chi connectivity index (χ3v) is 5.03. The molecule has 0 radical (unpaired) electrons. The molecule has 3 rings (SSSR count). The lowest BCUT2D eigenvalue weighted by atomic mass is 10.1. The minimum absolute atomic E-state index is 0.0740. The number of halogens is 1. The quantitative estimate of drug-likeness (QED) is 0.382. The maximum absolute atomic E-state index is 13.0. The summed E-state index contributed by atoms with van der Waals surface area (Å²) in [5.74, 6) is -1.47. The van der Waals surface area contributed by atoms with Crippen LogP contribution in [0.4, 0.5) is 4.39 Å². The number of ether oxygens (including phenoxy) is 1. The van der Waals surface area contributed by atoms with E-state index in [0.29, 0.717) is 17.8 Å². The molecule has 31 heavy (non-hydrogen) atoms. The number of Topliss-reactive ketones (excluding diaryl/α,β-unsaturated/α-hetero) is 1. The Hall–Kier alpha value is -3.35. The van der Waals surface area contributed by atoms with Crippen molar-refractivity contribution in [3.05, 3.63) is 76.0 Å². The summed E-state index contributed by atoms with van der Waals surface area (Å²) in [5, 5.41) is 0. The van der Waals surface area contributed by atoms with E-state index < -0.39 is 23.7 Å². The van der Waals surface area contributed by atoms with Crippen molar-refractivity contribution in [3.63, 3.8) is 0 Å². The molecule has 1 unspecified atom stereocenters. The normalized spacial score (nSPS) is 12.0. The van der Waals surface area contributed by atoms with Crippen LogP contribution in [0, 0.1) is 5.82 Å². The van der Waals surface area contributed by atoms with Crippen LogP contribution in [0.3, 0.4) is 0 Å². The van der Waals surface area contributed by atoms with Crippen LogP contribution in [-0.4, -0.2) is 27.4 Å². The molecule has 1 heterocycles. The van der Waals surface area contributed by atoms with E-state index in [1.165, 1.54) is 31.2 Å². The van der Waals surface area contributed by atoms with E-state index in [1.54, 1.807) is 4.57 Å². The summed E-state index contributed by atoms with van der Waals surface area (Å²) in [6.45, 7) is 4.11. The van der Waals surface area contributed by atoms with Crippen molar-refractivity contribution in [2.24, 2.45) is 0 Å².